The smallest absolute Gasteiger partial charge is 0.332 e. The molecule has 7 unspecified atom stereocenters. The molecule has 3 spiro atoms. The fraction of sp³-hybridized carbons (Fsp3) is 0.247. The summed E-state index contributed by atoms with van der Waals surface area (Å²) in [4.78, 5) is 119. The number of phenols is 3. The standard InChI is InChI=1S/C81H54N4O21/c86-43-21-39-58-55-34(43)19-37-59-62-51-30(7-5-8-31(51)71(37)95)52(74(98)83-14-4-2-11-42(76(101)102)85(25-46(91)92)26-47(93)94)35-18-28-16-32-33(73(97)82-13-3-1-10-41(75(99)100)84(23-44(87)88)24-45(89)90)17-27-15-29-22-78-12-6-9-40-53(77(103)104)36-20-38(72(39)96)60-63-57(36)66(79(40,78)105-78)50(29)61-48(27)54(32)64-49(28)67(56(35)62)80(68(55)59)81(106-80,69(58)60)70(64)65(61)63/h5-9,15-22,40-42,86,95-96H,1-4,10-14,23-26H2,(H,82,97)(H,83,98)(H,87,88)(H,89,90)(H,91,92)(H,93,94)(H,99,100)(H,101,102)(H,103,104)/p-4. The van der Waals surface area contributed by atoms with Crippen molar-refractivity contribution in [3.63, 3.8) is 0 Å². The van der Waals surface area contributed by atoms with Gasteiger partial charge in [-0.2, -0.15) is 0 Å². The van der Waals surface area contributed by atoms with Crippen LogP contribution in [0.1, 0.15) is 93.5 Å². The van der Waals surface area contributed by atoms with Crippen molar-refractivity contribution in [2.24, 2.45) is 5.92 Å². The summed E-state index contributed by atoms with van der Waals surface area (Å²) in [5.41, 5.74) is -1.51. The van der Waals surface area contributed by atoms with E-state index in [-0.39, 0.29) is 90.9 Å². The second-order valence-electron chi connectivity index (χ2n) is 30.1. The summed E-state index contributed by atoms with van der Waals surface area (Å²) in [6.07, 6.45) is 6.24. The molecule has 25 nitrogen and oxygen atoms in total. The van der Waals surface area contributed by atoms with Crippen LogP contribution in [0.4, 0.5) is 0 Å². The molecule has 0 bridgehead atoms. The normalized spacial score (nSPS) is 21.9. The van der Waals surface area contributed by atoms with Gasteiger partial charge in [-0.3, -0.25) is 29.0 Å². The third-order valence-electron chi connectivity index (χ3n) is 25.3. The molecular formula is C81H50N4O21-4. The summed E-state index contributed by atoms with van der Waals surface area (Å²) in [6, 6.07) is 14.7. The zero-order valence-electron chi connectivity index (χ0n) is 55.1. The van der Waals surface area contributed by atoms with Crippen molar-refractivity contribution in [2.75, 3.05) is 39.3 Å². The fourth-order valence-electron chi connectivity index (χ4n) is 21.9. The average Bonchev–Trinajstić information content (AvgIpc) is 1.41. The van der Waals surface area contributed by atoms with Crippen LogP contribution in [-0.2, 0) is 59.8 Å². The molecule has 9 aliphatic rings. The molecule has 7 aliphatic carbocycles. The second kappa shape index (κ2) is 19.4. The van der Waals surface area contributed by atoms with Crippen molar-refractivity contribution in [1.82, 2.24) is 20.4 Å². The largest absolute Gasteiger partial charge is 0.549 e. The van der Waals surface area contributed by atoms with Crippen LogP contribution in [0.25, 0.3) is 152 Å². The Morgan fingerprint density at radius 1 is 0.500 bits per heavy atom. The van der Waals surface area contributed by atoms with E-state index in [0.29, 0.717) is 147 Å². The van der Waals surface area contributed by atoms with Crippen molar-refractivity contribution >= 4 is 205 Å². The number of ether oxygens (including phenoxy) is 2. The lowest BCUT2D eigenvalue weighted by Crippen LogP contribution is -2.53. The first-order valence-corrected chi connectivity index (χ1v) is 35.0. The zero-order valence-corrected chi connectivity index (χ0v) is 55.1. The Balaban J connectivity index is 0.845. The van der Waals surface area contributed by atoms with Gasteiger partial charge in [-0.1, -0.05) is 30.4 Å². The minimum Gasteiger partial charge on any atom is -0.549 e. The number of nitrogens with zero attached hydrogens (tertiary/aromatic N) is 2. The first-order chi connectivity index (χ1) is 50.9. The number of carbonyl (C=O) groups excluding carboxylic acids is 6. The van der Waals surface area contributed by atoms with Crippen LogP contribution in [0.5, 0.6) is 17.2 Å². The predicted octanol–water partition coefficient (Wildman–Crippen LogP) is 3.04. The maximum Gasteiger partial charge on any atom is 0.332 e. The first-order valence-electron chi connectivity index (χ1n) is 35.0. The van der Waals surface area contributed by atoms with Crippen LogP contribution in [0.3, 0.4) is 0 Å². The number of epoxide rings is 2. The molecule has 2 amide bonds. The number of hydrogen-bond acceptors (Lipinski definition) is 20. The van der Waals surface area contributed by atoms with Gasteiger partial charge in [0.2, 0.25) is 0 Å². The third kappa shape index (κ3) is 6.70. The lowest BCUT2D eigenvalue weighted by molar-refractivity contribution is -0.317. The molecule has 0 saturated carbocycles. The number of aromatic hydroxyl groups is 3. The molecule has 22 rings (SSSR count). The Bertz CT molecular complexity index is 6950. The summed E-state index contributed by atoms with van der Waals surface area (Å²) in [5.74, 6) is -13.4. The lowest BCUT2D eigenvalue weighted by Gasteiger charge is -2.43. The van der Waals surface area contributed by atoms with Gasteiger partial charge in [0, 0.05) is 126 Å². The summed E-state index contributed by atoms with van der Waals surface area (Å²) >= 11 is 0. The number of carboxylic acids is 7. The molecule has 2 fully saturated rings. The molecule has 25 heteroatoms. The van der Waals surface area contributed by atoms with Crippen molar-refractivity contribution < 1.29 is 104 Å². The Morgan fingerprint density at radius 3 is 1.70 bits per heavy atom. The van der Waals surface area contributed by atoms with E-state index >= 15 is 9.59 Å². The van der Waals surface area contributed by atoms with Gasteiger partial charge in [-0.05, 0) is 184 Å². The number of nitrogens with one attached hydrogen (secondary N) is 2. The molecule has 0 aromatic heterocycles. The number of benzene rings is 13. The highest BCUT2D eigenvalue weighted by atomic mass is 16.6. The van der Waals surface area contributed by atoms with Gasteiger partial charge < -0.3 is 90.4 Å². The van der Waals surface area contributed by atoms with Gasteiger partial charge in [0.25, 0.3) is 11.8 Å². The van der Waals surface area contributed by atoms with E-state index in [2.05, 4.69) is 22.8 Å². The predicted molar refractivity (Wildman–Crippen MR) is 373 cm³/mol. The van der Waals surface area contributed by atoms with Crippen LogP contribution in [0.15, 0.2) is 72.8 Å². The molecular weight excluding hydrogens is 1360 g/mol. The van der Waals surface area contributed by atoms with Crippen LogP contribution < -0.4 is 41.5 Å². The highest BCUT2D eigenvalue weighted by Gasteiger charge is 2.82. The Morgan fingerprint density at radius 2 is 1.05 bits per heavy atom. The molecule has 106 heavy (non-hydrogen) atoms. The zero-order chi connectivity index (χ0) is 72.8. The Labute approximate surface area is 590 Å². The summed E-state index contributed by atoms with van der Waals surface area (Å²) in [6.45, 7) is -3.95. The lowest BCUT2D eigenvalue weighted by atomic mass is 9.55. The van der Waals surface area contributed by atoms with Gasteiger partial charge in [0.1, 0.15) is 28.5 Å². The highest BCUT2D eigenvalue weighted by molar-refractivity contribution is 6.51. The van der Waals surface area contributed by atoms with E-state index in [9.17, 15) is 84.6 Å². The van der Waals surface area contributed by atoms with E-state index in [0.717, 1.165) is 42.1 Å². The van der Waals surface area contributed by atoms with Gasteiger partial charge in [-0.15, -0.1) is 0 Å². The topological polar surface area (TPSA) is 423 Å². The highest BCUT2D eigenvalue weighted by Crippen LogP contribution is 2.84. The minimum atomic E-state index is -1.70. The SMILES string of the molecule is O=C([O-])CN(CC(=O)O)C(CCCCNC(=O)c1c2cc3cc4c(C(=O)NCCCCC(C(=O)[O-])N(CC(=O)[O-])CC(=O)O)cc5cc6c7c8c9c(cc%10c(O)c%11cc(O)c%12cc%13c(O)c%14cccc1c%14c1c2c2c3c3c%14c(c9c%10c9c%11c%12c(c%131)C21OC9%141)c7c5c43)=C(C(=O)O)C1C=CCC2(C=6)OC812)C(=O)[O-]. The summed E-state index contributed by atoms with van der Waals surface area (Å²) < 4.78 is 15.5. The number of amides is 2. The first kappa shape index (κ1) is 61.2. The number of phenolic OH excluding ortho intramolecular Hbond substituents is 3. The van der Waals surface area contributed by atoms with Gasteiger partial charge >= 0.3 is 17.9 Å². The van der Waals surface area contributed by atoms with E-state index in [1.54, 1.807) is 30.3 Å². The van der Waals surface area contributed by atoms with E-state index in [4.69, 9.17) is 9.47 Å². The molecule has 0 radical (unpaired) electrons. The molecule has 2 aliphatic heterocycles. The van der Waals surface area contributed by atoms with Gasteiger partial charge in [0.05, 0.1) is 60.2 Å². The quantitative estimate of drug-likeness (QED) is 0.0134. The molecule has 2 saturated heterocycles. The third-order valence-corrected chi connectivity index (χ3v) is 25.3. The van der Waals surface area contributed by atoms with Crippen molar-refractivity contribution in [1.29, 1.82) is 0 Å². The number of hydrogen-bond donors (Lipinski definition) is 8. The maximum atomic E-state index is 15.9. The molecule has 8 N–H and O–H groups in total. The average molecular weight is 1420 g/mol. The fourth-order valence-corrected chi connectivity index (χ4v) is 21.9. The van der Waals surface area contributed by atoms with Crippen LogP contribution in [0, 0.1) is 5.92 Å². The van der Waals surface area contributed by atoms with Crippen LogP contribution in [0.2, 0.25) is 0 Å². The van der Waals surface area contributed by atoms with Crippen molar-refractivity contribution in [2.45, 2.75) is 79.4 Å². The number of aliphatic carboxylic acids is 7. The maximum absolute atomic E-state index is 15.9. The second-order valence-corrected chi connectivity index (χ2v) is 30.1. The molecule has 13 aromatic rings. The monoisotopic (exact) mass is 1410 g/mol. The van der Waals surface area contributed by atoms with Crippen LogP contribution in [-0.4, -0.2) is 151 Å². The van der Waals surface area contributed by atoms with E-state index in [1.807, 2.05) is 30.4 Å². The summed E-state index contributed by atoms with van der Waals surface area (Å²) in [5, 5.41) is 141. The number of unbranched alkanes of at least 4 members (excludes halogenated alkanes) is 2. The van der Waals surface area contributed by atoms with Gasteiger partial charge in [0.15, 0.2) is 11.2 Å². The summed E-state index contributed by atoms with van der Waals surface area (Å²) in [7, 11) is 0. The molecule has 7 atom stereocenters. The number of rotatable bonds is 25. The molecule has 524 valence electrons. The van der Waals surface area contributed by atoms with Gasteiger partial charge in [-0.25, -0.2) is 4.79 Å². The van der Waals surface area contributed by atoms with Crippen LogP contribution >= 0.6 is 0 Å². The van der Waals surface area contributed by atoms with E-state index in [1.165, 1.54) is 6.07 Å². The Hall–Kier alpha value is -12.3. The molecule has 2 heterocycles. The molecule has 13 aromatic carbocycles. The Kier molecular flexibility index (Phi) is 11.2. The minimum absolute atomic E-state index is 0.0408. The van der Waals surface area contributed by atoms with E-state index < -0.39 is 120 Å². The number of carbonyl (C=O) groups is 9. The number of carboxylic acid groups (broad SMARTS) is 7. The van der Waals surface area contributed by atoms with Crippen molar-refractivity contribution in [3.8, 4) is 17.2 Å². The van der Waals surface area contributed by atoms with Crippen molar-refractivity contribution in [3.05, 3.63) is 122 Å².